The maximum absolute atomic E-state index is 11.6. The molecule has 1 rings (SSSR count). The summed E-state index contributed by atoms with van der Waals surface area (Å²) in [6.45, 7) is 1.88. The highest BCUT2D eigenvalue weighted by molar-refractivity contribution is 7.11. The van der Waals surface area contributed by atoms with Gasteiger partial charge in [-0.1, -0.05) is 0 Å². The van der Waals surface area contributed by atoms with E-state index in [-0.39, 0.29) is 11.7 Å². The third-order valence-electron chi connectivity index (χ3n) is 2.49. The zero-order valence-electron chi connectivity index (χ0n) is 11.1. The predicted molar refractivity (Wildman–Crippen MR) is 76.2 cm³/mol. The van der Waals surface area contributed by atoms with Crippen LogP contribution in [0.25, 0.3) is 0 Å². The number of nitrogens with zero attached hydrogens (tertiary/aromatic N) is 2. The van der Waals surface area contributed by atoms with Crippen LogP contribution in [0.5, 0.6) is 0 Å². The molecule has 0 radical (unpaired) electrons. The number of carbonyl (C=O) groups is 1. The van der Waals surface area contributed by atoms with Gasteiger partial charge < -0.3 is 21.3 Å². The van der Waals surface area contributed by atoms with Gasteiger partial charge in [0.2, 0.25) is 0 Å². The van der Waals surface area contributed by atoms with E-state index in [1.54, 1.807) is 7.05 Å². The van der Waals surface area contributed by atoms with Crippen LogP contribution in [0.15, 0.2) is 0 Å². The highest BCUT2D eigenvalue weighted by Gasteiger charge is 2.17. The van der Waals surface area contributed by atoms with E-state index in [9.17, 15) is 4.79 Å². The van der Waals surface area contributed by atoms with E-state index in [1.165, 1.54) is 11.5 Å². The van der Waals surface area contributed by atoms with Crippen molar-refractivity contribution in [3.63, 3.8) is 0 Å². The molecule has 4 N–H and O–H groups in total. The van der Waals surface area contributed by atoms with Gasteiger partial charge in [0.15, 0.2) is 5.82 Å². The summed E-state index contributed by atoms with van der Waals surface area (Å²) >= 11 is 1.23. The van der Waals surface area contributed by atoms with Gasteiger partial charge in [0.1, 0.15) is 10.6 Å². The van der Waals surface area contributed by atoms with E-state index >= 15 is 0 Å². The van der Waals surface area contributed by atoms with E-state index < -0.39 is 0 Å². The molecule has 0 aliphatic rings. The number of amides is 1. The normalized spacial score (nSPS) is 10.7. The third-order valence-corrected chi connectivity index (χ3v) is 3.31. The smallest absolute Gasteiger partial charge is 0.257 e. The van der Waals surface area contributed by atoms with Gasteiger partial charge in [0.25, 0.3) is 5.91 Å². The number of nitrogens with two attached hydrogens (primary N) is 1. The Labute approximate surface area is 112 Å². The van der Waals surface area contributed by atoms with Gasteiger partial charge in [-0.2, -0.15) is 4.37 Å². The number of nitrogens with one attached hydrogen (secondary N) is 2. The van der Waals surface area contributed by atoms with Crippen molar-refractivity contribution in [2.75, 3.05) is 45.3 Å². The zero-order valence-corrected chi connectivity index (χ0v) is 11.9. The van der Waals surface area contributed by atoms with E-state index in [1.807, 2.05) is 0 Å². The van der Waals surface area contributed by atoms with Crippen molar-refractivity contribution >= 4 is 28.3 Å². The van der Waals surface area contributed by atoms with Crippen molar-refractivity contribution in [2.24, 2.45) is 0 Å². The second-order valence-electron chi connectivity index (χ2n) is 4.29. The van der Waals surface area contributed by atoms with Crippen molar-refractivity contribution in [1.82, 2.24) is 14.6 Å². The second-order valence-corrected chi connectivity index (χ2v) is 5.06. The fourth-order valence-electron chi connectivity index (χ4n) is 1.52. The first-order valence-electron chi connectivity index (χ1n) is 5.92. The van der Waals surface area contributed by atoms with Crippen LogP contribution in [-0.2, 0) is 0 Å². The number of unbranched alkanes of at least 4 members (excludes halogenated alkanes) is 1. The summed E-state index contributed by atoms with van der Waals surface area (Å²) in [4.78, 5) is 13.8. The highest BCUT2D eigenvalue weighted by Crippen LogP contribution is 2.26. The zero-order chi connectivity index (χ0) is 13.5. The van der Waals surface area contributed by atoms with Crippen LogP contribution in [0.3, 0.4) is 0 Å². The minimum absolute atomic E-state index is 0.197. The molecule has 0 aromatic carbocycles. The van der Waals surface area contributed by atoms with Gasteiger partial charge in [0.05, 0.1) is 0 Å². The lowest BCUT2D eigenvalue weighted by Crippen LogP contribution is -2.20. The topological polar surface area (TPSA) is 83.3 Å². The number of carbonyl (C=O) groups excluding carboxylic acids is 1. The summed E-state index contributed by atoms with van der Waals surface area (Å²) in [5.41, 5.74) is 6.13. The Morgan fingerprint density at radius 2 is 2.17 bits per heavy atom. The summed E-state index contributed by atoms with van der Waals surface area (Å²) in [7, 11) is 5.70. The lowest BCUT2D eigenvalue weighted by atomic mass is 10.2. The average molecular weight is 271 g/mol. The molecule has 0 atom stereocenters. The molecule has 18 heavy (non-hydrogen) atoms. The molecule has 0 aliphatic heterocycles. The van der Waals surface area contributed by atoms with Gasteiger partial charge in [-0.15, -0.1) is 0 Å². The molecule has 0 aliphatic carbocycles. The Bertz CT molecular complexity index is 391. The van der Waals surface area contributed by atoms with E-state index in [2.05, 4.69) is 34.0 Å². The van der Waals surface area contributed by atoms with Crippen molar-refractivity contribution in [1.29, 1.82) is 0 Å². The maximum Gasteiger partial charge on any atom is 0.257 e. The van der Waals surface area contributed by atoms with Gasteiger partial charge in [-0.05, 0) is 45.0 Å². The Balaban J connectivity index is 2.45. The first-order chi connectivity index (χ1) is 8.56. The quantitative estimate of drug-likeness (QED) is 0.640. The molecular formula is C11H21N5OS. The number of hydrogen-bond acceptors (Lipinski definition) is 6. The van der Waals surface area contributed by atoms with E-state index in [4.69, 9.17) is 5.73 Å². The Hall–Kier alpha value is -1.34. The summed E-state index contributed by atoms with van der Waals surface area (Å²) in [5, 5.41) is 6.53. The van der Waals surface area contributed by atoms with Gasteiger partial charge in [0, 0.05) is 13.6 Å². The summed E-state index contributed by atoms with van der Waals surface area (Å²) in [5.74, 6) is 0.0900. The molecule has 1 aromatic rings. The molecule has 7 heteroatoms. The fourth-order valence-corrected chi connectivity index (χ4v) is 2.26. The molecule has 102 valence electrons. The first-order valence-corrected chi connectivity index (χ1v) is 6.69. The van der Waals surface area contributed by atoms with E-state index in [0.29, 0.717) is 5.56 Å². The fraction of sp³-hybridized carbons (Fsp3) is 0.636. The molecule has 0 unspecified atom stereocenters. The predicted octanol–water partition coefficient (Wildman–Crippen LogP) is 0.839. The molecular weight excluding hydrogens is 250 g/mol. The Morgan fingerprint density at radius 3 is 2.78 bits per heavy atom. The lowest BCUT2D eigenvalue weighted by Gasteiger charge is -2.09. The molecule has 1 aromatic heterocycles. The monoisotopic (exact) mass is 271 g/mol. The Kier molecular flexibility index (Phi) is 5.87. The highest BCUT2D eigenvalue weighted by atomic mass is 32.1. The standard InChI is InChI=1S/C11H21N5OS/c1-13-10(17)8-9(12)15-18-11(8)14-6-4-5-7-16(2)3/h14H,4-7H2,1-3H3,(H2,12,15)(H,13,17). The van der Waals surface area contributed by atoms with Crippen LogP contribution in [-0.4, -0.2) is 49.4 Å². The van der Waals surface area contributed by atoms with Gasteiger partial charge >= 0.3 is 0 Å². The number of hydrogen-bond donors (Lipinski definition) is 3. The van der Waals surface area contributed by atoms with Crippen molar-refractivity contribution in [3.8, 4) is 0 Å². The average Bonchev–Trinajstić information content (AvgIpc) is 2.69. The summed E-state index contributed by atoms with van der Waals surface area (Å²) in [6, 6.07) is 0. The van der Waals surface area contributed by atoms with Crippen molar-refractivity contribution in [3.05, 3.63) is 5.56 Å². The number of rotatable bonds is 7. The summed E-state index contributed by atoms with van der Waals surface area (Å²) in [6.07, 6.45) is 2.16. The van der Waals surface area contributed by atoms with Crippen molar-refractivity contribution < 1.29 is 4.79 Å². The minimum Gasteiger partial charge on any atom is -0.382 e. The number of anilines is 2. The van der Waals surface area contributed by atoms with Crippen LogP contribution >= 0.6 is 11.5 Å². The van der Waals surface area contributed by atoms with Gasteiger partial charge in [-0.3, -0.25) is 4.79 Å². The van der Waals surface area contributed by atoms with Crippen LogP contribution < -0.4 is 16.4 Å². The molecule has 0 saturated carbocycles. The Morgan fingerprint density at radius 1 is 1.44 bits per heavy atom. The molecule has 1 heterocycles. The van der Waals surface area contributed by atoms with Gasteiger partial charge in [-0.25, -0.2) is 0 Å². The van der Waals surface area contributed by atoms with Crippen molar-refractivity contribution in [2.45, 2.75) is 12.8 Å². The third kappa shape index (κ3) is 4.15. The maximum atomic E-state index is 11.6. The molecule has 0 spiro atoms. The number of aromatic nitrogens is 1. The van der Waals surface area contributed by atoms with Crippen LogP contribution in [0.2, 0.25) is 0 Å². The molecule has 0 fully saturated rings. The summed E-state index contributed by atoms with van der Waals surface area (Å²) < 4.78 is 4.00. The largest absolute Gasteiger partial charge is 0.382 e. The van der Waals surface area contributed by atoms with Crippen LogP contribution in [0, 0.1) is 0 Å². The molecule has 0 saturated heterocycles. The van der Waals surface area contributed by atoms with Crippen LogP contribution in [0.4, 0.5) is 10.8 Å². The lowest BCUT2D eigenvalue weighted by molar-refractivity contribution is 0.0965. The SMILES string of the molecule is CNC(=O)c1c(N)nsc1NCCCCN(C)C. The number of nitrogen functional groups attached to an aromatic ring is 1. The van der Waals surface area contributed by atoms with E-state index in [0.717, 1.165) is 30.9 Å². The molecule has 1 amide bonds. The second kappa shape index (κ2) is 7.17. The molecule has 0 bridgehead atoms. The first kappa shape index (κ1) is 14.7. The minimum atomic E-state index is -0.197. The molecule has 6 nitrogen and oxygen atoms in total. The van der Waals surface area contributed by atoms with Crippen LogP contribution in [0.1, 0.15) is 23.2 Å².